The summed E-state index contributed by atoms with van der Waals surface area (Å²) >= 11 is 0. The number of hydrazine groups is 2. The van der Waals surface area contributed by atoms with Crippen LogP contribution in [0.1, 0.15) is 37.4 Å². The molecular weight excluding hydrogens is 352 g/mol. The van der Waals surface area contributed by atoms with Crippen molar-refractivity contribution in [2.75, 3.05) is 0 Å². The Morgan fingerprint density at radius 3 is 1.39 bits per heavy atom. The molecule has 6 heteroatoms. The number of nitrogens with two attached hydrogens (primary N) is 2. The molecule has 0 spiro atoms. The normalized spacial score (nSPS) is 10.1. The minimum absolute atomic E-state index is 0.350. The molecule has 0 radical (unpaired) electrons. The molecule has 3 rings (SSSR count). The molecule has 0 fully saturated rings. The van der Waals surface area contributed by atoms with Gasteiger partial charge in [0.1, 0.15) is 0 Å². The van der Waals surface area contributed by atoms with Crippen LogP contribution in [0.2, 0.25) is 0 Å². The maximum Gasteiger partial charge on any atom is 0.265 e. The van der Waals surface area contributed by atoms with Crippen LogP contribution in [0.15, 0.2) is 78.9 Å². The Kier molecular flexibility index (Phi) is 5.96. The van der Waals surface area contributed by atoms with Crippen LogP contribution >= 0.6 is 0 Å². The summed E-state index contributed by atoms with van der Waals surface area (Å²) in [6, 6.07) is 24.2. The molecule has 0 bridgehead atoms. The van der Waals surface area contributed by atoms with Crippen LogP contribution < -0.4 is 22.5 Å². The van der Waals surface area contributed by atoms with Crippen LogP contribution in [0.4, 0.5) is 0 Å². The average Bonchev–Trinajstić information content (AvgIpc) is 2.77. The summed E-state index contributed by atoms with van der Waals surface area (Å²) < 4.78 is 0. The van der Waals surface area contributed by atoms with Gasteiger partial charge in [-0.1, -0.05) is 54.6 Å². The van der Waals surface area contributed by atoms with Crippen molar-refractivity contribution in [3.63, 3.8) is 0 Å². The number of hydrogen-bond acceptors (Lipinski definition) is 4. The highest BCUT2D eigenvalue weighted by molar-refractivity contribution is 5.97. The summed E-state index contributed by atoms with van der Waals surface area (Å²) in [6.45, 7) is 0. The van der Waals surface area contributed by atoms with E-state index in [1.165, 1.54) is 0 Å². The van der Waals surface area contributed by atoms with Crippen LogP contribution in [0.3, 0.4) is 0 Å². The number of nitrogens with one attached hydrogen (secondary N) is 2. The summed E-state index contributed by atoms with van der Waals surface area (Å²) in [7, 11) is 0. The van der Waals surface area contributed by atoms with Gasteiger partial charge in [-0.15, -0.1) is 0 Å². The molecule has 3 aromatic carbocycles. The molecule has 6 N–H and O–H groups in total. The first-order valence-corrected chi connectivity index (χ1v) is 8.62. The Morgan fingerprint density at radius 2 is 1.00 bits per heavy atom. The summed E-state index contributed by atoms with van der Waals surface area (Å²) in [5.41, 5.74) is 9.02. The fourth-order valence-corrected chi connectivity index (χ4v) is 2.82. The number of carbonyl (C=O) groups excluding carboxylic acids is 2. The van der Waals surface area contributed by atoms with Crippen molar-refractivity contribution in [3.8, 4) is 0 Å². The molecule has 0 aromatic heterocycles. The molecule has 0 aliphatic carbocycles. The van der Waals surface area contributed by atoms with Crippen LogP contribution in [0, 0.1) is 0 Å². The van der Waals surface area contributed by atoms with Gasteiger partial charge in [-0.3, -0.25) is 20.4 Å². The van der Waals surface area contributed by atoms with Crippen LogP contribution in [0.25, 0.3) is 11.6 Å². The maximum atomic E-state index is 11.7. The maximum absolute atomic E-state index is 11.7. The molecule has 0 heterocycles. The third-order valence-electron chi connectivity index (χ3n) is 4.29. The molecule has 3 aromatic rings. The Bertz CT molecular complexity index is 933. The van der Waals surface area contributed by atoms with Crippen molar-refractivity contribution < 1.29 is 9.59 Å². The van der Waals surface area contributed by atoms with Gasteiger partial charge < -0.3 is 0 Å². The van der Waals surface area contributed by atoms with Gasteiger partial charge in [0, 0.05) is 11.1 Å². The van der Waals surface area contributed by atoms with Crippen molar-refractivity contribution in [2.24, 2.45) is 11.7 Å². The third kappa shape index (κ3) is 4.32. The van der Waals surface area contributed by atoms with Gasteiger partial charge >= 0.3 is 0 Å². The van der Waals surface area contributed by atoms with E-state index in [1.807, 2.05) is 54.6 Å². The highest BCUT2D eigenvalue weighted by Gasteiger charge is 2.10. The topological polar surface area (TPSA) is 110 Å². The smallest absolute Gasteiger partial charge is 0.265 e. The van der Waals surface area contributed by atoms with E-state index in [4.69, 9.17) is 11.7 Å². The Morgan fingerprint density at radius 1 is 0.607 bits per heavy atom. The lowest BCUT2D eigenvalue weighted by Gasteiger charge is -2.11. The molecule has 2 amide bonds. The van der Waals surface area contributed by atoms with Crippen molar-refractivity contribution in [2.45, 2.75) is 0 Å². The monoisotopic (exact) mass is 372 g/mol. The number of benzene rings is 3. The number of rotatable bonds is 5. The number of carbonyl (C=O) groups is 2. The van der Waals surface area contributed by atoms with Crippen molar-refractivity contribution in [1.82, 2.24) is 10.9 Å². The van der Waals surface area contributed by atoms with Gasteiger partial charge in [0.05, 0.1) is 0 Å². The molecule has 0 saturated carbocycles. The Hall–Kier alpha value is -3.74. The number of nitrogen functional groups attached to an aromatic ring is 2. The van der Waals surface area contributed by atoms with Crippen LogP contribution in [-0.2, 0) is 0 Å². The lowest BCUT2D eigenvalue weighted by molar-refractivity contribution is 0.0945. The zero-order valence-electron chi connectivity index (χ0n) is 15.1. The van der Waals surface area contributed by atoms with E-state index in [2.05, 4.69) is 16.9 Å². The van der Waals surface area contributed by atoms with E-state index in [0.29, 0.717) is 11.1 Å². The largest absolute Gasteiger partial charge is 0.290 e. The van der Waals surface area contributed by atoms with Crippen LogP contribution in [0.5, 0.6) is 0 Å². The minimum Gasteiger partial charge on any atom is -0.290 e. The fraction of sp³-hybridized carbons (Fsp3) is 0. The summed E-state index contributed by atoms with van der Waals surface area (Å²) in [5, 5.41) is 0. The van der Waals surface area contributed by atoms with E-state index >= 15 is 0 Å². The summed E-state index contributed by atoms with van der Waals surface area (Å²) in [4.78, 5) is 23.4. The standard InChI is InChI=1S/C22H20N4O2/c23-25-21(27)18-10-6-16(7-11-18)20(14-15-4-2-1-3-5-15)17-8-12-19(13-9-17)22(28)26-24/h1-14H,23-24H2,(H,25,27)(H,26,28). The molecule has 0 saturated heterocycles. The van der Waals surface area contributed by atoms with E-state index in [1.54, 1.807) is 24.3 Å². The average molecular weight is 372 g/mol. The molecule has 0 atom stereocenters. The quantitative estimate of drug-likeness (QED) is 0.239. The molecule has 28 heavy (non-hydrogen) atoms. The summed E-state index contributed by atoms with van der Waals surface area (Å²) in [5.74, 6) is 9.69. The number of hydrogen-bond donors (Lipinski definition) is 4. The van der Waals surface area contributed by atoms with Crippen molar-refractivity contribution in [1.29, 1.82) is 0 Å². The van der Waals surface area contributed by atoms with Gasteiger partial charge in [-0.05, 0) is 52.6 Å². The van der Waals surface area contributed by atoms with Gasteiger partial charge in [0.25, 0.3) is 11.8 Å². The molecule has 0 aliphatic heterocycles. The second-order valence-electron chi connectivity index (χ2n) is 6.07. The SMILES string of the molecule is NNC(=O)c1ccc(C(=Cc2ccccc2)c2ccc(C(=O)NN)cc2)cc1. The van der Waals surface area contributed by atoms with E-state index < -0.39 is 0 Å². The zero-order valence-corrected chi connectivity index (χ0v) is 15.1. The fourth-order valence-electron chi connectivity index (χ4n) is 2.82. The van der Waals surface area contributed by atoms with Gasteiger partial charge in [0.2, 0.25) is 0 Å². The first kappa shape index (κ1) is 19.0. The van der Waals surface area contributed by atoms with Gasteiger partial charge in [-0.25, -0.2) is 11.7 Å². The second kappa shape index (κ2) is 8.77. The molecular formula is C22H20N4O2. The van der Waals surface area contributed by atoms with Gasteiger partial charge in [0.15, 0.2) is 0 Å². The highest BCUT2D eigenvalue weighted by atomic mass is 16.2. The molecule has 0 aliphatic rings. The predicted octanol–water partition coefficient (Wildman–Crippen LogP) is 2.48. The van der Waals surface area contributed by atoms with E-state index in [9.17, 15) is 9.59 Å². The lowest BCUT2D eigenvalue weighted by atomic mass is 9.94. The first-order valence-electron chi connectivity index (χ1n) is 8.62. The van der Waals surface area contributed by atoms with Gasteiger partial charge in [-0.2, -0.15) is 0 Å². The van der Waals surface area contributed by atoms with Crippen molar-refractivity contribution in [3.05, 3.63) is 107 Å². The molecule has 6 nitrogen and oxygen atoms in total. The lowest BCUT2D eigenvalue weighted by Crippen LogP contribution is -2.29. The zero-order chi connectivity index (χ0) is 19.9. The second-order valence-corrected chi connectivity index (χ2v) is 6.07. The Balaban J connectivity index is 2.04. The van der Waals surface area contributed by atoms with E-state index in [0.717, 1.165) is 22.3 Å². The molecule has 0 unspecified atom stereocenters. The predicted molar refractivity (Wildman–Crippen MR) is 110 cm³/mol. The Labute approximate surface area is 162 Å². The molecule has 140 valence electrons. The highest BCUT2D eigenvalue weighted by Crippen LogP contribution is 2.27. The van der Waals surface area contributed by atoms with Crippen LogP contribution in [-0.4, -0.2) is 11.8 Å². The first-order chi connectivity index (χ1) is 13.6. The third-order valence-corrected chi connectivity index (χ3v) is 4.29. The van der Waals surface area contributed by atoms with Crippen molar-refractivity contribution >= 4 is 23.5 Å². The van der Waals surface area contributed by atoms with E-state index in [-0.39, 0.29) is 11.8 Å². The minimum atomic E-state index is -0.350. The number of amides is 2. The summed E-state index contributed by atoms with van der Waals surface area (Å²) in [6.07, 6.45) is 2.05.